The van der Waals surface area contributed by atoms with Gasteiger partial charge < -0.3 is 29.1 Å². The van der Waals surface area contributed by atoms with Crippen molar-refractivity contribution < 1.29 is 33.8 Å². The van der Waals surface area contributed by atoms with Gasteiger partial charge in [-0.05, 0) is 47.9 Å². The molecule has 0 spiro atoms. The first-order chi connectivity index (χ1) is 15.7. The Kier molecular flexibility index (Phi) is 7.28. The third kappa shape index (κ3) is 4.66. The van der Waals surface area contributed by atoms with Crippen molar-refractivity contribution in [2.45, 2.75) is 13.0 Å². The second-order valence-electron chi connectivity index (χ2n) is 8.23. The lowest BCUT2D eigenvalue weighted by Crippen LogP contribution is -3.06. The van der Waals surface area contributed by atoms with E-state index < -0.39 is 23.5 Å². The fraction of sp³-hybridized carbons (Fsp3) is 0.360. The third-order valence-electron chi connectivity index (χ3n) is 5.78. The molecule has 0 saturated carbocycles. The maximum atomic E-state index is 13.6. The predicted octanol–water partition coefficient (Wildman–Crippen LogP) is 0.389. The summed E-state index contributed by atoms with van der Waals surface area (Å²) in [6.45, 7) is 2.71. The van der Waals surface area contributed by atoms with E-state index >= 15 is 0 Å². The first-order valence-electron chi connectivity index (χ1n) is 10.7. The number of carbonyl (C=O) groups is 2. The molecule has 0 bridgehead atoms. The van der Waals surface area contributed by atoms with Crippen LogP contribution in [0.15, 0.2) is 42.0 Å². The number of ketones is 1. The zero-order valence-electron chi connectivity index (χ0n) is 19.9. The number of hydrogen-bond acceptors (Lipinski definition) is 6. The highest BCUT2D eigenvalue weighted by atomic mass is 16.5. The smallest absolute Gasteiger partial charge is 0.295 e. The van der Waals surface area contributed by atoms with E-state index in [0.29, 0.717) is 47.0 Å². The Morgan fingerprint density at radius 2 is 1.70 bits per heavy atom. The number of rotatable bonds is 8. The summed E-state index contributed by atoms with van der Waals surface area (Å²) in [7, 11) is 8.51. The number of nitrogens with one attached hydrogen (secondary N) is 1. The van der Waals surface area contributed by atoms with Crippen LogP contribution in [0.5, 0.6) is 17.2 Å². The Hall–Kier alpha value is -3.52. The molecule has 0 radical (unpaired) electrons. The normalized spacial score (nSPS) is 17.5. The van der Waals surface area contributed by atoms with Gasteiger partial charge in [-0.25, -0.2) is 0 Å². The molecule has 2 aromatic carbocycles. The number of Topliss-reactive ketones (excluding diaryl/α,β-unsaturated/α-hetero) is 1. The van der Waals surface area contributed by atoms with Crippen LogP contribution in [0.3, 0.4) is 0 Å². The van der Waals surface area contributed by atoms with Gasteiger partial charge in [0.2, 0.25) is 5.78 Å². The van der Waals surface area contributed by atoms with E-state index in [1.165, 1.54) is 19.1 Å². The van der Waals surface area contributed by atoms with Crippen LogP contribution in [0.1, 0.15) is 22.7 Å². The average molecular weight is 455 g/mol. The van der Waals surface area contributed by atoms with E-state index in [2.05, 4.69) is 0 Å². The Bertz CT molecular complexity index is 1090. The summed E-state index contributed by atoms with van der Waals surface area (Å²) < 4.78 is 16.0. The minimum absolute atomic E-state index is 0.0609. The zero-order chi connectivity index (χ0) is 24.3. The second-order valence-corrected chi connectivity index (χ2v) is 8.23. The van der Waals surface area contributed by atoms with Crippen molar-refractivity contribution in [2.75, 3.05) is 48.5 Å². The van der Waals surface area contributed by atoms with Crippen LogP contribution >= 0.6 is 0 Å². The lowest BCUT2D eigenvalue weighted by Gasteiger charge is -2.28. The molecule has 33 heavy (non-hydrogen) atoms. The second kappa shape index (κ2) is 9.95. The molecule has 176 valence electrons. The molecule has 3 rings (SSSR count). The fourth-order valence-electron chi connectivity index (χ4n) is 3.98. The van der Waals surface area contributed by atoms with E-state index in [4.69, 9.17) is 14.2 Å². The molecule has 8 heteroatoms. The number of carbonyl (C=O) groups excluding carboxylic acids is 2. The minimum atomic E-state index is -0.821. The highest BCUT2D eigenvalue weighted by Crippen LogP contribution is 2.41. The molecule has 1 amide bonds. The molecule has 0 aliphatic carbocycles. The predicted molar refractivity (Wildman–Crippen MR) is 121 cm³/mol. The summed E-state index contributed by atoms with van der Waals surface area (Å²) >= 11 is 0. The van der Waals surface area contributed by atoms with Crippen molar-refractivity contribution in [3.05, 3.63) is 58.7 Å². The van der Waals surface area contributed by atoms with E-state index in [1.807, 2.05) is 14.1 Å². The number of likely N-dealkylation sites (N-methyl/N-ethyl adjacent to an activating group) is 1. The molecule has 1 fully saturated rings. The standard InChI is InChI=1S/C25H30N2O6/c1-15-13-17(31-4)8-9-18(15)23(28)21-22(16-7-10-19(32-5)20(14-16)33-6)27(12-11-26(2)3)25(30)24(21)29/h7-10,13-14,22,28H,11-12H2,1-6H3/b23-21+. The molecule has 1 heterocycles. The van der Waals surface area contributed by atoms with E-state index in [9.17, 15) is 14.7 Å². The summed E-state index contributed by atoms with van der Waals surface area (Å²) in [5.74, 6) is -0.343. The number of likely N-dealkylation sites (tertiary alicyclic amines) is 1. The lowest BCUT2D eigenvalue weighted by molar-refractivity contribution is -0.857. The number of quaternary nitrogens is 1. The maximum absolute atomic E-state index is 13.6. The van der Waals surface area contributed by atoms with Gasteiger partial charge in [0.15, 0.2) is 11.5 Å². The number of hydrogen-bond donors (Lipinski definition) is 1. The van der Waals surface area contributed by atoms with E-state index in [0.717, 1.165) is 4.90 Å². The molecule has 0 aromatic heterocycles. The Labute approximate surface area is 194 Å². The molecular formula is C25H30N2O6. The highest BCUT2D eigenvalue weighted by Gasteiger charge is 2.44. The lowest BCUT2D eigenvalue weighted by atomic mass is 9.93. The Morgan fingerprint density at radius 3 is 2.27 bits per heavy atom. The van der Waals surface area contributed by atoms with Gasteiger partial charge in [0.05, 0.1) is 54.6 Å². The van der Waals surface area contributed by atoms with Crippen LogP contribution in [-0.4, -0.2) is 65.1 Å². The van der Waals surface area contributed by atoms with Crippen LogP contribution in [-0.2, 0) is 9.59 Å². The third-order valence-corrected chi connectivity index (χ3v) is 5.78. The van der Waals surface area contributed by atoms with Gasteiger partial charge in [0.1, 0.15) is 5.75 Å². The van der Waals surface area contributed by atoms with Crippen LogP contribution in [0.25, 0.3) is 5.76 Å². The highest BCUT2D eigenvalue weighted by molar-refractivity contribution is 6.46. The summed E-state index contributed by atoms with van der Waals surface area (Å²) in [4.78, 5) is 28.8. The molecule has 1 saturated heterocycles. The summed E-state index contributed by atoms with van der Waals surface area (Å²) in [6, 6.07) is 9.37. The van der Waals surface area contributed by atoms with Gasteiger partial charge in [0.25, 0.3) is 5.91 Å². The van der Waals surface area contributed by atoms with Crippen molar-refractivity contribution >= 4 is 17.4 Å². The number of methoxy groups -OCH3 is 3. The SMILES string of the molecule is COc1ccc(/C([O-])=C2\C(=O)C(=O)N(CC[NH+](C)C)C2c2ccc(OC)c(OC)c2)c(C)c1. The molecule has 1 aliphatic rings. The number of amides is 1. The van der Waals surface area contributed by atoms with Crippen LogP contribution < -0.4 is 24.2 Å². The van der Waals surface area contributed by atoms with E-state index in [1.54, 1.807) is 50.4 Å². The number of aryl methyl sites for hydroxylation is 1. The van der Waals surface area contributed by atoms with Gasteiger partial charge in [-0.15, -0.1) is 0 Å². The Morgan fingerprint density at radius 1 is 1.00 bits per heavy atom. The molecule has 8 nitrogen and oxygen atoms in total. The largest absolute Gasteiger partial charge is 0.872 e. The quantitative estimate of drug-likeness (QED) is 0.353. The van der Waals surface area contributed by atoms with Gasteiger partial charge >= 0.3 is 0 Å². The number of benzene rings is 2. The fourth-order valence-corrected chi connectivity index (χ4v) is 3.98. The molecule has 1 atom stereocenters. The summed E-state index contributed by atoms with van der Waals surface area (Å²) in [6.07, 6.45) is 0. The van der Waals surface area contributed by atoms with Crippen molar-refractivity contribution in [1.29, 1.82) is 0 Å². The van der Waals surface area contributed by atoms with Crippen molar-refractivity contribution in [3.8, 4) is 17.2 Å². The van der Waals surface area contributed by atoms with Gasteiger partial charge in [-0.1, -0.05) is 17.9 Å². The molecule has 1 unspecified atom stereocenters. The topological polar surface area (TPSA) is 92.6 Å². The number of nitrogens with zero attached hydrogens (tertiary/aromatic N) is 1. The maximum Gasteiger partial charge on any atom is 0.295 e. The van der Waals surface area contributed by atoms with Crippen molar-refractivity contribution in [3.63, 3.8) is 0 Å². The summed E-state index contributed by atoms with van der Waals surface area (Å²) in [5, 5.41) is 13.6. The summed E-state index contributed by atoms with van der Waals surface area (Å²) in [5.41, 5.74) is 1.57. The average Bonchev–Trinajstić information content (AvgIpc) is 3.06. The molecule has 1 aliphatic heterocycles. The van der Waals surface area contributed by atoms with Gasteiger partial charge in [0, 0.05) is 5.57 Å². The monoisotopic (exact) mass is 454 g/mol. The van der Waals surface area contributed by atoms with Gasteiger partial charge in [-0.2, -0.15) is 0 Å². The molecular weight excluding hydrogens is 424 g/mol. The minimum Gasteiger partial charge on any atom is -0.872 e. The molecule has 1 N–H and O–H groups in total. The first kappa shape index (κ1) is 24.1. The van der Waals surface area contributed by atoms with Crippen molar-refractivity contribution in [2.24, 2.45) is 0 Å². The van der Waals surface area contributed by atoms with Crippen LogP contribution in [0, 0.1) is 6.92 Å². The van der Waals surface area contributed by atoms with E-state index in [-0.39, 0.29) is 5.57 Å². The zero-order valence-corrected chi connectivity index (χ0v) is 19.9. The Balaban J connectivity index is 2.21. The van der Waals surface area contributed by atoms with Crippen LogP contribution in [0.2, 0.25) is 0 Å². The number of ether oxygens (including phenoxy) is 3. The van der Waals surface area contributed by atoms with Gasteiger partial charge in [-0.3, -0.25) is 9.59 Å². The molecule has 2 aromatic rings. The first-order valence-corrected chi connectivity index (χ1v) is 10.7. The van der Waals surface area contributed by atoms with Crippen LogP contribution in [0.4, 0.5) is 0 Å². The van der Waals surface area contributed by atoms with Crippen molar-refractivity contribution in [1.82, 2.24) is 4.90 Å².